The van der Waals surface area contributed by atoms with Crippen LogP contribution in [0.4, 0.5) is 0 Å². The summed E-state index contributed by atoms with van der Waals surface area (Å²) >= 11 is 1.65. The van der Waals surface area contributed by atoms with E-state index in [2.05, 4.69) is 17.1 Å². The molecule has 0 aliphatic carbocycles. The number of aromatic nitrogens is 2. The molecule has 0 spiro atoms. The molecule has 0 bridgehead atoms. The number of hydrogen-bond acceptors (Lipinski definition) is 4. The Balaban J connectivity index is 2.53. The second-order valence-electron chi connectivity index (χ2n) is 3.37. The summed E-state index contributed by atoms with van der Waals surface area (Å²) in [5.74, 6) is 0.262. The molecule has 2 atom stereocenters. The average Bonchev–Trinajstić information content (AvgIpc) is 2.52. The van der Waals surface area contributed by atoms with Crippen LogP contribution in [0.1, 0.15) is 30.8 Å². The average molecular weight is 200 g/mol. The van der Waals surface area contributed by atoms with E-state index in [0.29, 0.717) is 0 Å². The molecule has 0 aliphatic rings. The molecule has 0 radical (unpaired) electrons. The van der Waals surface area contributed by atoms with Gasteiger partial charge in [0, 0.05) is 6.42 Å². The zero-order chi connectivity index (χ0) is 9.84. The Labute approximate surface area is 82.8 Å². The molecule has 13 heavy (non-hydrogen) atoms. The fourth-order valence-electron chi connectivity index (χ4n) is 0.960. The molecule has 0 aliphatic heterocycles. The van der Waals surface area contributed by atoms with Gasteiger partial charge in [0.05, 0.1) is 6.10 Å². The maximum atomic E-state index is 9.30. The van der Waals surface area contributed by atoms with Crippen molar-refractivity contribution in [2.75, 3.05) is 0 Å². The lowest BCUT2D eigenvalue weighted by molar-refractivity contribution is 0.135. The zero-order valence-electron chi connectivity index (χ0n) is 8.32. The number of hydrogen-bond donors (Lipinski definition) is 1. The van der Waals surface area contributed by atoms with Crippen molar-refractivity contribution in [3.63, 3.8) is 0 Å². The zero-order valence-corrected chi connectivity index (χ0v) is 9.14. The number of aliphatic hydroxyl groups excluding tert-OH is 1. The molecule has 1 N–H and O–H groups in total. The first kappa shape index (κ1) is 10.6. The standard InChI is InChI=1S/C9H16N2OS/c1-4-8-10-11-9(13-8)5-6(2)7(3)12/h6-7,12H,4-5H2,1-3H3. The van der Waals surface area contributed by atoms with Crippen LogP contribution >= 0.6 is 11.3 Å². The van der Waals surface area contributed by atoms with Crippen molar-refractivity contribution >= 4 is 11.3 Å². The molecule has 4 heteroatoms. The minimum atomic E-state index is -0.269. The molecular weight excluding hydrogens is 184 g/mol. The van der Waals surface area contributed by atoms with Crippen molar-refractivity contribution in [2.45, 2.75) is 39.7 Å². The quantitative estimate of drug-likeness (QED) is 0.804. The van der Waals surface area contributed by atoms with Crippen molar-refractivity contribution < 1.29 is 5.11 Å². The summed E-state index contributed by atoms with van der Waals surface area (Å²) in [6.45, 7) is 5.91. The number of aryl methyl sites for hydroxylation is 1. The normalized spacial score (nSPS) is 15.7. The second-order valence-corrected chi connectivity index (χ2v) is 4.51. The maximum absolute atomic E-state index is 9.30. The molecule has 0 fully saturated rings. The molecular formula is C9H16N2OS. The minimum absolute atomic E-state index is 0.262. The highest BCUT2D eigenvalue weighted by molar-refractivity contribution is 7.11. The van der Waals surface area contributed by atoms with E-state index in [4.69, 9.17) is 0 Å². The SMILES string of the molecule is CCc1nnc(CC(C)C(C)O)s1. The van der Waals surface area contributed by atoms with E-state index >= 15 is 0 Å². The highest BCUT2D eigenvalue weighted by Gasteiger charge is 2.12. The molecule has 0 saturated heterocycles. The van der Waals surface area contributed by atoms with Crippen LogP contribution in [-0.4, -0.2) is 21.4 Å². The van der Waals surface area contributed by atoms with Gasteiger partial charge in [0.2, 0.25) is 0 Å². The monoisotopic (exact) mass is 200 g/mol. The summed E-state index contributed by atoms with van der Waals surface area (Å²) in [6.07, 6.45) is 1.50. The summed E-state index contributed by atoms with van der Waals surface area (Å²) in [6, 6.07) is 0. The van der Waals surface area contributed by atoms with Crippen molar-refractivity contribution in [3.8, 4) is 0 Å². The highest BCUT2D eigenvalue weighted by Crippen LogP contribution is 2.16. The summed E-state index contributed by atoms with van der Waals surface area (Å²) in [4.78, 5) is 0. The lowest BCUT2D eigenvalue weighted by Gasteiger charge is -2.11. The predicted octanol–water partition coefficient (Wildman–Crippen LogP) is 1.66. The number of nitrogens with zero attached hydrogens (tertiary/aromatic N) is 2. The fourth-order valence-corrected chi connectivity index (χ4v) is 1.89. The number of rotatable bonds is 4. The predicted molar refractivity (Wildman–Crippen MR) is 53.8 cm³/mol. The summed E-state index contributed by atoms with van der Waals surface area (Å²) in [7, 11) is 0. The van der Waals surface area contributed by atoms with Crippen LogP contribution in [0.15, 0.2) is 0 Å². The van der Waals surface area contributed by atoms with E-state index in [0.717, 1.165) is 22.9 Å². The molecule has 1 rings (SSSR count). The Hall–Kier alpha value is -0.480. The molecule has 1 aromatic rings. The Bertz CT molecular complexity index is 260. The largest absolute Gasteiger partial charge is 0.393 e. The minimum Gasteiger partial charge on any atom is -0.393 e. The van der Waals surface area contributed by atoms with Gasteiger partial charge in [-0.05, 0) is 19.3 Å². The molecule has 0 saturated carbocycles. The van der Waals surface area contributed by atoms with Crippen molar-refractivity contribution in [2.24, 2.45) is 5.92 Å². The lowest BCUT2D eigenvalue weighted by atomic mass is 10.0. The Morgan fingerprint density at radius 3 is 2.38 bits per heavy atom. The molecule has 0 aromatic carbocycles. The van der Waals surface area contributed by atoms with Crippen LogP contribution in [0, 0.1) is 5.92 Å². The Morgan fingerprint density at radius 1 is 1.31 bits per heavy atom. The molecule has 74 valence electrons. The third-order valence-electron chi connectivity index (χ3n) is 2.13. The number of aliphatic hydroxyl groups is 1. The van der Waals surface area contributed by atoms with E-state index in [1.807, 2.05) is 13.8 Å². The van der Waals surface area contributed by atoms with Gasteiger partial charge < -0.3 is 5.11 Å². The van der Waals surface area contributed by atoms with Crippen LogP contribution in [0.25, 0.3) is 0 Å². The third-order valence-corrected chi connectivity index (χ3v) is 3.22. The van der Waals surface area contributed by atoms with Crippen molar-refractivity contribution in [1.29, 1.82) is 0 Å². The molecule has 1 aromatic heterocycles. The van der Waals surface area contributed by atoms with E-state index in [1.165, 1.54) is 0 Å². The second kappa shape index (κ2) is 4.67. The fraction of sp³-hybridized carbons (Fsp3) is 0.778. The van der Waals surface area contributed by atoms with Crippen LogP contribution in [0.5, 0.6) is 0 Å². The summed E-state index contributed by atoms with van der Waals surface area (Å²) < 4.78 is 0. The maximum Gasteiger partial charge on any atom is 0.117 e. The lowest BCUT2D eigenvalue weighted by Crippen LogP contribution is -2.15. The van der Waals surface area contributed by atoms with E-state index < -0.39 is 0 Å². The van der Waals surface area contributed by atoms with E-state index in [1.54, 1.807) is 11.3 Å². The Morgan fingerprint density at radius 2 is 1.92 bits per heavy atom. The van der Waals surface area contributed by atoms with Gasteiger partial charge >= 0.3 is 0 Å². The van der Waals surface area contributed by atoms with Gasteiger partial charge in [-0.25, -0.2) is 0 Å². The van der Waals surface area contributed by atoms with E-state index in [-0.39, 0.29) is 12.0 Å². The van der Waals surface area contributed by atoms with Crippen molar-refractivity contribution in [3.05, 3.63) is 10.0 Å². The summed E-state index contributed by atoms with van der Waals surface area (Å²) in [5, 5.41) is 19.5. The van der Waals surface area contributed by atoms with Crippen molar-refractivity contribution in [1.82, 2.24) is 10.2 Å². The molecule has 1 heterocycles. The van der Waals surface area contributed by atoms with E-state index in [9.17, 15) is 5.11 Å². The first-order chi connectivity index (χ1) is 6.13. The van der Waals surface area contributed by atoms with Crippen LogP contribution < -0.4 is 0 Å². The van der Waals surface area contributed by atoms with Gasteiger partial charge in [-0.3, -0.25) is 0 Å². The summed E-state index contributed by atoms with van der Waals surface area (Å²) in [5.41, 5.74) is 0. The first-order valence-electron chi connectivity index (χ1n) is 4.62. The first-order valence-corrected chi connectivity index (χ1v) is 5.44. The molecule has 0 amide bonds. The molecule has 3 nitrogen and oxygen atoms in total. The van der Waals surface area contributed by atoms with Gasteiger partial charge in [-0.1, -0.05) is 13.8 Å². The van der Waals surface area contributed by atoms with Crippen LogP contribution in [0.2, 0.25) is 0 Å². The van der Waals surface area contributed by atoms with Gasteiger partial charge in [0.25, 0.3) is 0 Å². The van der Waals surface area contributed by atoms with Gasteiger partial charge in [0.15, 0.2) is 0 Å². The highest BCUT2D eigenvalue weighted by atomic mass is 32.1. The van der Waals surface area contributed by atoms with Gasteiger partial charge in [0.1, 0.15) is 10.0 Å². The van der Waals surface area contributed by atoms with Gasteiger partial charge in [-0.2, -0.15) is 0 Å². The topological polar surface area (TPSA) is 46.0 Å². The Kier molecular flexibility index (Phi) is 3.81. The third kappa shape index (κ3) is 3.04. The smallest absolute Gasteiger partial charge is 0.117 e. The van der Waals surface area contributed by atoms with Gasteiger partial charge in [-0.15, -0.1) is 21.5 Å². The molecule has 2 unspecified atom stereocenters. The van der Waals surface area contributed by atoms with Crippen LogP contribution in [0.3, 0.4) is 0 Å². The van der Waals surface area contributed by atoms with Crippen LogP contribution in [-0.2, 0) is 12.8 Å².